The van der Waals surface area contributed by atoms with Crippen LogP contribution < -0.4 is 4.74 Å². The van der Waals surface area contributed by atoms with Crippen molar-refractivity contribution < 1.29 is 19.1 Å². The first-order valence-corrected chi connectivity index (χ1v) is 5.40. The van der Waals surface area contributed by atoms with Gasteiger partial charge < -0.3 is 9.47 Å². The maximum absolute atomic E-state index is 11.0. The molecule has 1 aromatic carbocycles. The van der Waals surface area contributed by atoms with Crippen molar-refractivity contribution in [1.29, 1.82) is 0 Å². The van der Waals surface area contributed by atoms with Crippen molar-refractivity contribution in [3.63, 3.8) is 0 Å². The summed E-state index contributed by atoms with van der Waals surface area (Å²) in [5.41, 5.74) is 2.95. The highest BCUT2D eigenvalue weighted by molar-refractivity contribution is 5.94. The Bertz CT molecular complexity index is 467. The van der Waals surface area contributed by atoms with E-state index in [-0.39, 0.29) is 19.0 Å². The zero-order chi connectivity index (χ0) is 13.4. The molecule has 0 N–H and O–H groups in total. The monoisotopic (exact) mass is 246 g/mol. The lowest BCUT2D eigenvalue weighted by Gasteiger charge is -2.06. The summed E-state index contributed by atoms with van der Waals surface area (Å²) in [7, 11) is 0. The lowest BCUT2D eigenvalue weighted by Crippen LogP contribution is -2.10. The van der Waals surface area contributed by atoms with E-state index in [2.05, 4.69) is 12.3 Å². The number of carbonyl (C=O) groups excluding carboxylic acids is 2. The quantitative estimate of drug-likeness (QED) is 0.254. The van der Waals surface area contributed by atoms with Crippen molar-refractivity contribution in [3.05, 3.63) is 48.2 Å². The third-order valence-electron chi connectivity index (χ3n) is 2.08. The van der Waals surface area contributed by atoms with Crippen molar-refractivity contribution in [2.75, 3.05) is 13.2 Å². The van der Waals surface area contributed by atoms with Crippen LogP contribution in [0.25, 0.3) is 0 Å². The fraction of sp³-hybridized carbons (Fsp3) is 0.214. The van der Waals surface area contributed by atoms with Gasteiger partial charge in [-0.05, 0) is 31.2 Å². The number of rotatable bonds is 6. The van der Waals surface area contributed by atoms with E-state index in [1.165, 1.54) is 6.92 Å². The molecule has 0 fully saturated rings. The number of Topliss-reactive ketones (excluding diaryl/α,β-unsaturated/α-hetero) is 1. The van der Waals surface area contributed by atoms with E-state index in [1.54, 1.807) is 24.3 Å². The highest BCUT2D eigenvalue weighted by Crippen LogP contribution is 2.12. The van der Waals surface area contributed by atoms with Gasteiger partial charge in [0.15, 0.2) is 5.78 Å². The fourth-order valence-corrected chi connectivity index (χ4v) is 1.21. The predicted molar refractivity (Wildman–Crippen MR) is 66.6 cm³/mol. The Labute approximate surface area is 106 Å². The van der Waals surface area contributed by atoms with Crippen molar-refractivity contribution in [3.8, 4) is 5.75 Å². The molecule has 0 radical (unpaired) electrons. The summed E-state index contributed by atoms with van der Waals surface area (Å²) in [6, 6.07) is 6.76. The molecular weight excluding hydrogens is 232 g/mol. The van der Waals surface area contributed by atoms with Crippen LogP contribution in [0.3, 0.4) is 0 Å². The van der Waals surface area contributed by atoms with E-state index in [9.17, 15) is 9.59 Å². The van der Waals surface area contributed by atoms with Gasteiger partial charge in [-0.1, -0.05) is 6.58 Å². The normalized spacial score (nSPS) is 9.17. The molecule has 94 valence electrons. The third-order valence-corrected chi connectivity index (χ3v) is 2.08. The molecule has 0 aliphatic heterocycles. The van der Waals surface area contributed by atoms with Crippen molar-refractivity contribution in [2.45, 2.75) is 6.92 Å². The van der Waals surface area contributed by atoms with Crippen LogP contribution in [0.5, 0.6) is 5.75 Å². The molecule has 0 bridgehead atoms. The SMILES string of the molecule is C=C=CC(=O)OCCOc1ccc(C(C)=O)cc1. The highest BCUT2D eigenvalue weighted by Gasteiger charge is 2.00. The van der Waals surface area contributed by atoms with Crippen LogP contribution in [0.1, 0.15) is 17.3 Å². The smallest absolute Gasteiger partial charge is 0.338 e. The van der Waals surface area contributed by atoms with Crippen LogP contribution in [-0.4, -0.2) is 25.0 Å². The molecule has 0 atom stereocenters. The van der Waals surface area contributed by atoms with Crippen LogP contribution in [0.15, 0.2) is 42.7 Å². The van der Waals surface area contributed by atoms with Crippen molar-refractivity contribution in [1.82, 2.24) is 0 Å². The Hall–Kier alpha value is -2.32. The fourth-order valence-electron chi connectivity index (χ4n) is 1.21. The molecule has 0 amide bonds. The minimum Gasteiger partial charge on any atom is -0.490 e. The third kappa shape index (κ3) is 4.68. The Morgan fingerprint density at radius 1 is 1.28 bits per heavy atom. The molecule has 18 heavy (non-hydrogen) atoms. The number of hydrogen-bond donors (Lipinski definition) is 0. The summed E-state index contributed by atoms with van der Waals surface area (Å²) in [5.74, 6) is 0.127. The summed E-state index contributed by atoms with van der Waals surface area (Å²) in [6.07, 6.45) is 1.11. The molecular formula is C14H14O4. The first-order valence-electron chi connectivity index (χ1n) is 5.40. The van der Waals surface area contributed by atoms with Gasteiger partial charge >= 0.3 is 5.97 Å². The molecule has 1 aromatic rings. The first-order chi connectivity index (χ1) is 8.63. The van der Waals surface area contributed by atoms with Gasteiger partial charge in [-0.3, -0.25) is 4.79 Å². The molecule has 0 saturated carbocycles. The predicted octanol–water partition coefficient (Wildman–Crippen LogP) is 2.15. The van der Waals surface area contributed by atoms with Crippen LogP contribution in [0.2, 0.25) is 0 Å². The van der Waals surface area contributed by atoms with Crippen LogP contribution >= 0.6 is 0 Å². The van der Waals surface area contributed by atoms with E-state index < -0.39 is 5.97 Å². The Morgan fingerprint density at radius 2 is 1.94 bits per heavy atom. The van der Waals surface area contributed by atoms with E-state index in [0.717, 1.165) is 6.08 Å². The number of hydrogen-bond acceptors (Lipinski definition) is 4. The molecule has 0 aliphatic rings. The van der Waals surface area contributed by atoms with Gasteiger partial charge in [0.2, 0.25) is 0 Å². The van der Waals surface area contributed by atoms with Crippen molar-refractivity contribution in [2.24, 2.45) is 0 Å². The molecule has 0 aliphatic carbocycles. The molecule has 0 spiro atoms. The molecule has 4 heteroatoms. The summed E-state index contributed by atoms with van der Waals surface area (Å²) >= 11 is 0. The second-order valence-electron chi connectivity index (χ2n) is 3.44. The summed E-state index contributed by atoms with van der Waals surface area (Å²) in [6.45, 7) is 5.15. The molecule has 0 aromatic heterocycles. The Kier molecular flexibility index (Phi) is 5.42. The molecule has 4 nitrogen and oxygen atoms in total. The van der Waals surface area contributed by atoms with Gasteiger partial charge in [-0.25, -0.2) is 4.79 Å². The van der Waals surface area contributed by atoms with E-state index in [4.69, 9.17) is 9.47 Å². The molecule has 1 rings (SSSR count). The number of benzene rings is 1. The Morgan fingerprint density at radius 3 is 2.50 bits per heavy atom. The largest absolute Gasteiger partial charge is 0.490 e. The average Bonchev–Trinajstić information content (AvgIpc) is 2.35. The lowest BCUT2D eigenvalue weighted by molar-refractivity contribution is -0.138. The van der Waals surface area contributed by atoms with Crippen LogP contribution in [0.4, 0.5) is 0 Å². The average molecular weight is 246 g/mol. The molecule has 0 heterocycles. The maximum Gasteiger partial charge on any atom is 0.338 e. The minimum atomic E-state index is -0.500. The number of ether oxygens (including phenoxy) is 2. The summed E-state index contributed by atoms with van der Waals surface area (Å²) in [4.78, 5) is 21.9. The van der Waals surface area contributed by atoms with E-state index in [1.807, 2.05) is 0 Å². The number of carbonyl (C=O) groups is 2. The number of ketones is 1. The van der Waals surface area contributed by atoms with Gasteiger partial charge in [-0.15, -0.1) is 5.73 Å². The van der Waals surface area contributed by atoms with Crippen LogP contribution in [-0.2, 0) is 9.53 Å². The minimum absolute atomic E-state index is 0.00620. The van der Waals surface area contributed by atoms with Gasteiger partial charge in [0.1, 0.15) is 19.0 Å². The lowest BCUT2D eigenvalue weighted by atomic mass is 10.1. The topological polar surface area (TPSA) is 52.6 Å². The van der Waals surface area contributed by atoms with Crippen molar-refractivity contribution >= 4 is 11.8 Å². The van der Waals surface area contributed by atoms with E-state index in [0.29, 0.717) is 11.3 Å². The standard InChI is InChI=1S/C14H14O4/c1-3-4-14(16)18-10-9-17-13-7-5-12(6-8-13)11(2)15/h4-8H,1,9-10H2,2H3. The highest BCUT2D eigenvalue weighted by atomic mass is 16.6. The molecule has 0 unspecified atom stereocenters. The zero-order valence-electron chi connectivity index (χ0n) is 10.1. The second-order valence-corrected chi connectivity index (χ2v) is 3.44. The Balaban J connectivity index is 2.33. The first kappa shape index (κ1) is 13.7. The van der Waals surface area contributed by atoms with E-state index >= 15 is 0 Å². The summed E-state index contributed by atoms with van der Waals surface area (Å²) in [5, 5.41) is 0. The summed E-state index contributed by atoms with van der Waals surface area (Å²) < 4.78 is 10.1. The van der Waals surface area contributed by atoms with Gasteiger partial charge in [-0.2, -0.15) is 0 Å². The second kappa shape index (κ2) is 7.09. The molecule has 0 saturated heterocycles. The maximum atomic E-state index is 11.0. The van der Waals surface area contributed by atoms with Gasteiger partial charge in [0.05, 0.1) is 6.08 Å². The van der Waals surface area contributed by atoms with Crippen LogP contribution in [0, 0.1) is 0 Å². The number of esters is 1. The van der Waals surface area contributed by atoms with Gasteiger partial charge in [0, 0.05) is 5.56 Å². The zero-order valence-corrected chi connectivity index (χ0v) is 10.1. The van der Waals surface area contributed by atoms with Gasteiger partial charge in [0.25, 0.3) is 0 Å².